The highest BCUT2D eigenvalue weighted by Crippen LogP contribution is 2.39. The molecule has 0 saturated heterocycles. The van der Waals surface area contributed by atoms with Crippen LogP contribution in [0.15, 0.2) is 33.8 Å². The average molecular weight is 365 g/mol. The van der Waals surface area contributed by atoms with Crippen LogP contribution in [0.25, 0.3) is 0 Å². The molecule has 0 aliphatic heterocycles. The molecule has 120 valence electrons. The van der Waals surface area contributed by atoms with Gasteiger partial charge in [-0.1, -0.05) is 43.1 Å². The van der Waals surface area contributed by atoms with E-state index in [1.165, 1.54) is 19.3 Å². The van der Waals surface area contributed by atoms with E-state index in [9.17, 15) is 4.79 Å². The molecule has 2 rings (SSSR count). The van der Waals surface area contributed by atoms with Crippen molar-refractivity contribution in [1.29, 1.82) is 0 Å². The number of benzene rings is 1. The number of hydrazone groups is 1. The average Bonchev–Trinajstić information content (AvgIpc) is 2.53. The van der Waals surface area contributed by atoms with Crippen molar-refractivity contribution in [3.63, 3.8) is 0 Å². The molecule has 0 radical (unpaired) electrons. The highest BCUT2D eigenvalue weighted by atomic mass is 79.9. The first-order valence-electron chi connectivity index (χ1n) is 8.03. The highest BCUT2D eigenvalue weighted by Gasteiger charge is 2.30. The van der Waals surface area contributed by atoms with Crippen LogP contribution in [0.5, 0.6) is 0 Å². The summed E-state index contributed by atoms with van der Waals surface area (Å²) in [7, 11) is 0. The minimum absolute atomic E-state index is 0.143. The Morgan fingerprint density at radius 2 is 1.86 bits per heavy atom. The summed E-state index contributed by atoms with van der Waals surface area (Å²) in [4.78, 5) is 12.0. The van der Waals surface area contributed by atoms with Crippen LogP contribution in [-0.4, -0.2) is 11.6 Å². The van der Waals surface area contributed by atoms with Gasteiger partial charge in [-0.2, -0.15) is 5.10 Å². The van der Waals surface area contributed by atoms with E-state index in [1.807, 2.05) is 12.1 Å². The fourth-order valence-corrected chi connectivity index (χ4v) is 3.19. The maximum absolute atomic E-state index is 12.0. The number of hydrogen-bond donors (Lipinski definition) is 1. The van der Waals surface area contributed by atoms with Crippen molar-refractivity contribution in [3.05, 3.63) is 34.3 Å². The Labute approximate surface area is 141 Å². The van der Waals surface area contributed by atoms with E-state index in [2.05, 4.69) is 47.2 Å². The minimum atomic E-state index is -0.143. The topological polar surface area (TPSA) is 41.5 Å². The molecule has 1 fully saturated rings. The molecule has 1 aromatic carbocycles. The van der Waals surface area contributed by atoms with Gasteiger partial charge in [-0.3, -0.25) is 4.79 Å². The second-order valence-electron chi connectivity index (χ2n) is 6.74. The van der Waals surface area contributed by atoms with Gasteiger partial charge in [0.05, 0.1) is 0 Å². The number of hydrogen-bond acceptors (Lipinski definition) is 2. The largest absolute Gasteiger partial charge is 0.271 e. The molecule has 0 bridgehead atoms. The first-order chi connectivity index (χ1) is 10.4. The molecule has 1 aliphatic carbocycles. The van der Waals surface area contributed by atoms with E-state index < -0.39 is 0 Å². The van der Waals surface area contributed by atoms with Gasteiger partial charge in [0.15, 0.2) is 0 Å². The van der Waals surface area contributed by atoms with Crippen LogP contribution in [-0.2, 0) is 0 Å². The van der Waals surface area contributed by atoms with Crippen LogP contribution in [0, 0.1) is 11.3 Å². The molecule has 22 heavy (non-hydrogen) atoms. The summed E-state index contributed by atoms with van der Waals surface area (Å²) in [6, 6.07) is 7.31. The zero-order chi connectivity index (χ0) is 16.2. The van der Waals surface area contributed by atoms with Gasteiger partial charge in [0.2, 0.25) is 0 Å². The lowest BCUT2D eigenvalue weighted by atomic mass is 9.69. The van der Waals surface area contributed by atoms with Crippen LogP contribution < -0.4 is 5.43 Å². The number of halogens is 1. The lowest BCUT2D eigenvalue weighted by Gasteiger charge is -2.36. The second kappa shape index (κ2) is 7.40. The lowest BCUT2D eigenvalue weighted by molar-refractivity contribution is 0.0954. The third kappa shape index (κ3) is 4.42. The Hall–Kier alpha value is -1.16. The Kier molecular flexibility index (Phi) is 5.79. The first kappa shape index (κ1) is 17.2. The second-order valence-corrected chi connectivity index (χ2v) is 7.66. The Morgan fingerprint density at radius 1 is 1.27 bits per heavy atom. The Balaban J connectivity index is 1.88. The molecule has 1 aromatic rings. The summed E-state index contributed by atoms with van der Waals surface area (Å²) in [6.45, 7) is 6.98. The molecule has 1 N–H and O–H groups in total. The summed E-state index contributed by atoms with van der Waals surface area (Å²) < 4.78 is 0.965. The normalized spacial score (nSPS) is 18.9. The zero-order valence-electron chi connectivity index (χ0n) is 13.7. The van der Waals surface area contributed by atoms with Crippen molar-refractivity contribution in [1.82, 2.24) is 5.43 Å². The van der Waals surface area contributed by atoms with Crippen LogP contribution in [0.4, 0.5) is 0 Å². The molecule has 1 saturated carbocycles. The van der Waals surface area contributed by atoms with Crippen molar-refractivity contribution >= 4 is 27.5 Å². The molecule has 0 atom stereocenters. The standard InChI is InChI=1S/C18H25BrN2O/c1-4-18(2,3)14-7-11-16(12-8-14)20-21-17(22)13-5-9-15(19)10-6-13/h5-6,9-10,14H,4,7-8,11-12H2,1-3H3,(H,21,22). The van der Waals surface area contributed by atoms with Crippen molar-refractivity contribution < 1.29 is 4.79 Å². The van der Waals surface area contributed by atoms with Crippen LogP contribution >= 0.6 is 15.9 Å². The third-order valence-electron chi connectivity index (χ3n) is 5.00. The van der Waals surface area contributed by atoms with Gasteiger partial charge in [-0.05, 0) is 61.3 Å². The third-order valence-corrected chi connectivity index (χ3v) is 5.53. The van der Waals surface area contributed by atoms with Crippen molar-refractivity contribution in [3.8, 4) is 0 Å². The highest BCUT2D eigenvalue weighted by molar-refractivity contribution is 9.10. The number of nitrogens with zero attached hydrogens (tertiary/aromatic N) is 1. The maximum Gasteiger partial charge on any atom is 0.271 e. The SMILES string of the molecule is CCC(C)(C)C1CCC(=NNC(=O)c2ccc(Br)cc2)CC1. The molecule has 0 spiro atoms. The van der Waals surface area contributed by atoms with E-state index in [4.69, 9.17) is 0 Å². The molecule has 0 heterocycles. The summed E-state index contributed by atoms with van der Waals surface area (Å²) in [5, 5.41) is 4.33. The fourth-order valence-electron chi connectivity index (χ4n) is 2.93. The minimum Gasteiger partial charge on any atom is -0.267 e. The maximum atomic E-state index is 12.0. The van der Waals surface area contributed by atoms with E-state index in [0.717, 1.165) is 28.9 Å². The van der Waals surface area contributed by atoms with Gasteiger partial charge in [-0.25, -0.2) is 5.43 Å². The molecule has 4 heteroatoms. The number of nitrogens with one attached hydrogen (secondary N) is 1. The molecular formula is C18H25BrN2O. The number of carbonyl (C=O) groups excluding carboxylic acids is 1. The summed E-state index contributed by atoms with van der Waals surface area (Å²) in [6.07, 6.45) is 5.55. The van der Waals surface area contributed by atoms with Crippen LogP contribution in [0.2, 0.25) is 0 Å². The van der Waals surface area contributed by atoms with Crippen LogP contribution in [0.1, 0.15) is 63.2 Å². The summed E-state index contributed by atoms with van der Waals surface area (Å²) >= 11 is 3.36. The summed E-state index contributed by atoms with van der Waals surface area (Å²) in [5.41, 5.74) is 4.85. The molecule has 0 unspecified atom stereocenters. The first-order valence-corrected chi connectivity index (χ1v) is 8.83. The van der Waals surface area contributed by atoms with Gasteiger partial charge < -0.3 is 0 Å². The summed E-state index contributed by atoms with van der Waals surface area (Å²) in [5.74, 6) is 0.620. The quantitative estimate of drug-likeness (QED) is 0.736. The molecular weight excluding hydrogens is 340 g/mol. The number of rotatable bonds is 4. The predicted molar refractivity (Wildman–Crippen MR) is 95.1 cm³/mol. The Morgan fingerprint density at radius 3 is 2.41 bits per heavy atom. The fraction of sp³-hybridized carbons (Fsp3) is 0.556. The van der Waals surface area contributed by atoms with E-state index in [-0.39, 0.29) is 5.91 Å². The van der Waals surface area contributed by atoms with Crippen molar-refractivity contribution in [2.24, 2.45) is 16.4 Å². The van der Waals surface area contributed by atoms with E-state index in [0.29, 0.717) is 11.0 Å². The van der Waals surface area contributed by atoms with Gasteiger partial charge in [0.25, 0.3) is 5.91 Å². The van der Waals surface area contributed by atoms with E-state index in [1.54, 1.807) is 12.1 Å². The van der Waals surface area contributed by atoms with Gasteiger partial charge in [-0.15, -0.1) is 0 Å². The smallest absolute Gasteiger partial charge is 0.267 e. The van der Waals surface area contributed by atoms with Crippen molar-refractivity contribution in [2.75, 3.05) is 0 Å². The lowest BCUT2D eigenvalue weighted by Crippen LogP contribution is -2.29. The number of carbonyl (C=O) groups is 1. The van der Waals surface area contributed by atoms with Gasteiger partial charge in [0.1, 0.15) is 0 Å². The zero-order valence-corrected chi connectivity index (χ0v) is 15.2. The van der Waals surface area contributed by atoms with Crippen LogP contribution in [0.3, 0.4) is 0 Å². The molecule has 1 aliphatic rings. The van der Waals surface area contributed by atoms with Gasteiger partial charge in [0, 0.05) is 15.7 Å². The monoisotopic (exact) mass is 364 g/mol. The van der Waals surface area contributed by atoms with Gasteiger partial charge >= 0.3 is 0 Å². The van der Waals surface area contributed by atoms with Crippen molar-refractivity contribution in [2.45, 2.75) is 52.9 Å². The molecule has 0 aromatic heterocycles. The number of amides is 1. The molecule has 1 amide bonds. The van der Waals surface area contributed by atoms with E-state index >= 15 is 0 Å². The Bertz CT molecular complexity index is 539. The molecule has 3 nitrogen and oxygen atoms in total. The predicted octanol–water partition coefficient (Wildman–Crippen LogP) is 5.16.